The van der Waals surface area contributed by atoms with E-state index in [2.05, 4.69) is 10.6 Å². The third kappa shape index (κ3) is 5.06. The second-order valence-corrected chi connectivity index (χ2v) is 6.62. The summed E-state index contributed by atoms with van der Waals surface area (Å²) in [6.45, 7) is 1.86. The number of carbonyl (C=O) groups is 2. The Hall–Kier alpha value is -1.20. The lowest BCUT2D eigenvalue weighted by Gasteiger charge is -2.12. The monoisotopic (exact) mass is 312 g/mol. The van der Waals surface area contributed by atoms with Gasteiger partial charge in [-0.2, -0.15) is 0 Å². The molecule has 2 N–H and O–H groups in total. The van der Waals surface area contributed by atoms with Crippen molar-refractivity contribution in [1.29, 1.82) is 0 Å². The van der Waals surface area contributed by atoms with Gasteiger partial charge in [-0.1, -0.05) is 11.6 Å². The van der Waals surface area contributed by atoms with Crippen LogP contribution in [0.15, 0.2) is 29.2 Å². The van der Waals surface area contributed by atoms with E-state index < -0.39 is 0 Å². The van der Waals surface area contributed by atoms with Crippen LogP contribution in [0.1, 0.15) is 19.8 Å². The first kappa shape index (κ1) is 15.2. The van der Waals surface area contributed by atoms with E-state index in [0.717, 1.165) is 17.7 Å². The molecule has 1 aromatic carbocycles. The number of hydrogen-bond donors (Lipinski definition) is 2. The van der Waals surface area contributed by atoms with Crippen molar-refractivity contribution < 1.29 is 9.59 Å². The van der Waals surface area contributed by atoms with E-state index in [0.29, 0.717) is 11.1 Å². The van der Waals surface area contributed by atoms with Crippen LogP contribution in [0.3, 0.4) is 0 Å². The zero-order valence-electron chi connectivity index (χ0n) is 11.2. The summed E-state index contributed by atoms with van der Waals surface area (Å²) in [6.07, 6.45) is 2.09. The van der Waals surface area contributed by atoms with Crippen molar-refractivity contribution in [3.63, 3.8) is 0 Å². The molecule has 0 spiro atoms. The van der Waals surface area contributed by atoms with Crippen molar-refractivity contribution in [2.75, 3.05) is 6.54 Å². The number of benzene rings is 1. The molecule has 4 nitrogen and oxygen atoms in total. The SMILES string of the molecule is C[C@H](Sc1ccc(Cl)cc1)C(=O)NCC(=O)NC1CC1. The molecule has 0 bridgehead atoms. The predicted molar refractivity (Wildman–Crippen MR) is 80.9 cm³/mol. The van der Waals surface area contributed by atoms with Gasteiger partial charge < -0.3 is 10.6 Å². The van der Waals surface area contributed by atoms with E-state index in [9.17, 15) is 9.59 Å². The van der Waals surface area contributed by atoms with Crippen LogP contribution < -0.4 is 10.6 Å². The van der Waals surface area contributed by atoms with E-state index in [1.165, 1.54) is 11.8 Å². The third-order valence-corrected chi connectivity index (χ3v) is 4.23. The summed E-state index contributed by atoms with van der Waals surface area (Å²) in [7, 11) is 0. The fourth-order valence-corrected chi connectivity index (χ4v) is 2.61. The summed E-state index contributed by atoms with van der Waals surface area (Å²) in [5, 5.41) is 5.89. The maximum Gasteiger partial charge on any atom is 0.239 e. The van der Waals surface area contributed by atoms with Crippen LogP contribution in [0.25, 0.3) is 0 Å². The predicted octanol–water partition coefficient (Wildman–Crippen LogP) is 2.22. The molecule has 0 aromatic heterocycles. The van der Waals surface area contributed by atoms with E-state index in [4.69, 9.17) is 11.6 Å². The molecule has 2 amide bonds. The Morgan fingerprint density at radius 3 is 2.60 bits per heavy atom. The van der Waals surface area contributed by atoms with Gasteiger partial charge in [0.15, 0.2) is 0 Å². The van der Waals surface area contributed by atoms with Crippen molar-refractivity contribution in [1.82, 2.24) is 10.6 Å². The fraction of sp³-hybridized carbons (Fsp3) is 0.429. The van der Waals surface area contributed by atoms with Crippen molar-refractivity contribution in [2.45, 2.75) is 36.0 Å². The Bertz CT molecular complexity index is 488. The fourth-order valence-electron chi connectivity index (χ4n) is 1.59. The van der Waals surface area contributed by atoms with Gasteiger partial charge in [0.05, 0.1) is 11.8 Å². The average Bonchev–Trinajstić information content (AvgIpc) is 3.22. The van der Waals surface area contributed by atoms with Gasteiger partial charge in [0, 0.05) is 16.0 Å². The van der Waals surface area contributed by atoms with Crippen LogP contribution in [0.4, 0.5) is 0 Å². The van der Waals surface area contributed by atoms with Gasteiger partial charge in [0.2, 0.25) is 11.8 Å². The van der Waals surface area contributed by atoms with Gasteiger partial charge in [-0.15, -0.1) is 11.8 Å². The van der Waals surface area contributed by atoms with E-state index in [-0.39, 0.29) is 23.6 Å². The Morgan fingerprint density at radius 2 is 2.00 bits per heavy atom. The van der Waals surface area contributed by atoms with Gasteiger partial charge >= 0.3 is 0 Å². The normalized spacial score (nSPS) is 15.5. The van der Waals surface area contributed by atoms with Crippen LogP contribution in [0, 0.1) is 0 Å². The molecule has 0 heterocycles. The summed E-state index contributed by atoms with van der Waals surface area (Å²) >= 11 is 7.24. The second kappa shape index (κ2) is 6.99. The Morgan fingerprint density at radius 1 is 1.35 bits per heavy atom. The van der Waals surface area contributed by atoms with Crippen LogP contribution in [0.5, 0.6) is 0 Å². The summed E-state index contributed by atoms with van der Waals surface area (Å²) in [6, 6.07) is 7.64. The van der Waals surface area contributed by atoms with E-state index >= 15 is 0 Å². The minimum absolute atomic E-state index is 0.0425. The first-order valence-electron chi connectivity index (χ1n) is 6.54. The average molecular weight is 313 g/mol. The first-order valence-corrected chi connectivity index (χ1v) is 7.79. The minimum Gasteiger partial charge on any atom is -0.352 e. The number of nitrogens with one attached hydrogen (secondary N) is 2. The van der Waals surface area contributed by atoms with Gasteiger partial charge in [-0.25, -0.2) is 0 Å². The summed E-state index contributed by atoms with van der Waals surface area (Å²) in [5.74, 6) is -0.263. The first-order chi connectivity index (χ1) is 9.54. The molecule has 20 heavy (non-hydrogen) atoms. The maximum absolute atomic E-state index is 11.9. The van der Waals surface area contributed by atoms with E-state index in [1.807, 2.05) is 19.1 Å². The summed E-state index contributed by atoms with van der Waals surface area (Å²) in [4.78, 5) is 24.3. The maximum atomic E-state index is 11.9. The molecule has 0 saturated heterocycles. The molecule has 0 unspecified atom stereocenters. The van der Waals surface area contributed by atoms with Crippen molar-refractivity contribution in [3.05, 3.63) is 29.3 Å². The van der Waals surface area contributed by atoms with Crippen LogP contribution in [0.2, 0.25) is 5.02 Å². The molecule has 6 heteroatoms. The quantitative estimate of drug-likeness (QED) is 0.792. The lowest BCUT2D eigenvalue weighted by Crippen LogP contribution is -2.40. The summed E-state index contributed by atoms with van der Waals surface area (Å²) in [5.41, 5.74) is 0. The number of halogens is 1. The molecule has 1 atom stereocenters. The minimum atomic E-state index is -0.259. The molecule has 1 aliphatic carbocycles. The zero-order valence-corrected chi connectivity index (χ0v) is 12.8. The lowest BCUT2D eigenvalue weighted by atomic mass is 10.4. The van der Waals surface area contributed by atoms with Gasteiger partial charge in [-0.3, -0.25) is 9.59 Å². The van der Waals surface area contributed by atoms with Crippen molar-refractivity contribution in [2.24, 2.45) is 0 Å². The highest BCUT2D eigenvalue weighted by molar-refractivity contribution is 8.00. The third-order valence-electron chi connectivity index (χ3n) is 2.86. The lowest BCUT2D eigenvalue weighted by molar-refractivity contribution is -0.125. The molecule has 1 aliphatic rings. The highest BCUT2D eigenvalue weighted by Crippen LogP contribution is 2.24. The van der Waals surface area contributed by atoms with Crippen molar-refractivity contribution >= 4 is 35.2 Å². The molecule has 108 valence electrons. The van der Waals surface area contributed by atoms with Gasteiger partial charge in [0.1, 0.15) is 0 Å². The topological polar surface area (TPSA) is 58.2 Å². The molecule has 0 aliphatic heterocycles. The molecule has 1 aromatic rings. The second-order valence-electron chi connectivity index (χ2n) is 4.77. The molecule has 1 saturated carbocycles. The smallest absolute Gasteiger partial charge is 0.239 e. The number of hydrogen-bond acceptors (Lipinski definition) is 3. The largest absolute Gasteiger partial charge is 0.352 e. The van der Waals surface area contributed by atoms with Gasteiger partial charge in [-0.05, 0) is 44.0 Å². The van der Waals surface area contributed by atoms with E-state index in [1.54, 1.807) is 12.1 Å². The highest BCUT2D eigenvalue weighted by atomic mass is 35.5. The highest BCUT2D eigenvalue weighted by Gasteiger charge is 2.23. The van der Waals surface area contributed by atoms with Crippen molar-refractivity contribution in [3.8, 4) is 0 Å². The number of thioether (sulfide) groups is 1. The molecule has 0 radical (unpaired) electrons. The van der Waals surface area contributed by atoms with Crippen LogP contribution >= 0.6 is 23.4 Å². The standard InChI is InChI=1S/C14H17ClN2O2S/c1-9(20-12-6-2-10(15)3-7-12)14(19)16-8-13(18)17-11-4-5-11/h2-3,6-7,9,11H,4-5,8H2,1H3,(H,16,19)(H,17,18)/t9-/m0/s1. The Kier molecular flexibility index (Phi) is 5.31. The zero-order chi connectivity index (χ0) is 14.5. The number of carbonyl (C=O) groups excluding carboxylic acids is 2. The number of amides is 2. The molecule has 1 fully saturated rings. The molecule has 2 rings (SSSR count). The molecular weight excluding hydrogens is 296 g/mol. The van der Waals surface area contributed by atoms with Gasteiger partial charge in [0.25, 0.3) is 0 Å². The van der Waals surface area contributed by atoms with Crippen LogP contribution in [-0.4, -0.2) is 29.7 Å². The Labute approximate surface area is 127 Å². The Balaban J connectivity index is 1.73. The summed E-state index contributed by atoms with van der Waals surface area (Å²) < 4.78 is 0. The van der Waals surface area contributed by atoms with Crippen LogP contribution in [-0.2, 0) is 9.59 Å². The number of rotatable bonds is 6. The molecular formula is C14H17ClN2O2S.